The van der Waals surface area contributed by atoms with E-state index in [1.54, 1.807) is 13.2 Å². The number of aliphatic hydroxyl groups is 1. The van der Waals surface area contributed by atoms with Gasteiger partial charge in [-0.05, 0) is 19.1 Å². The Balaban J connectivity index is 2.95. The fourth-order valence-electron chi connectivity index (χ4n) is 1.30. The van der Waals surface area contributed by atoms with Crippen LogP contribution in [0.1, 0.15) is 6.92 Å². The average molecular weight is 210 g/mol. The number of methoxy groups -OCH3 is 1. The summed E-state index contributed by atoms with van der Waals surface area (Å²) in [6.45, 7) is 2.06. The van der Waals surface area contributed by atoms with Crippen LogP contribution in [0.2, 0.25) is 0 Å². The maximum Gasteiger partial charge on any atom is 0.143 e. The number of hydrogen-bond donors (Lipinski definition) is 2. The first-order valence-corrected chi connectivity index (χ1v) is 4.87. The molecule has 0 spiro atoms. The van der Waals surface area contributed by atoms with Gasteiger partial charge in [0.05, 0.1) is 19.4 Å². The molecule has 0 saturated carbocycles. The van der Waals surface area contributed by atoms with E-state index in [1.807, 2.05) is 31.0 Å². The van der Waals surface area contributed by atoms with Crippen LogP contribution in [0.3, 0.4) is 0 Å². The minimum absolute atomic E-state index is 0.0679. The van der Waals surface area contributed by atoms with Gasteiger partial charge in [-0.1, -0.05) is 0 Å². The molecule has 0 amide bonds. The Kier molecular flexibility index (Phi) is 3.80. The molecule has 0 aliphatic carbocycles. The number of nitrogens with zero attached hydrogens (tertiary/aromatic N) is 1. The second-order valence-corrected chi connectivity index (χ2v) is 3.57. The summed E-state index contributed by atoms with van der Waals surface area (Å²) in [7, 11) is 3.51. The topological polar surface area (TPSA) is 58.7 Å². The highest BCUT2D eigenvalue weighted by atomic mass is 16.5. The van der Waals surface area contributed by atoms with Gasteiger partial charge in [-0.3, -0.25) is 0 Å². The summed E-state index contributed by atoms with van der Waals surface area (Å²) in [6, 6.07) is 5.64. The number of benzene rings is 1. The van der Waals surface area contributed by atoms with E-state index in [1.165, 1.54) is 0 Å². The van der Waals surface area contributed by atoms with Crippen molar-refractivity contribution in [2.24, 2.45) is 0 Å². The molecule has 0 heterocycles. The molecule has 4 nitrogen and oxygen atoms in total. The van der Waals surface area contributed by atoms with E-state index in [-0.39, 0.29) is 12.6 Å². The van der Waals surface area contributed by atoms with Gasteiger partial charge < -0.3 is 20.5 Å². The van der Waals surface area contributed by atoms with Crippen LogP contribution in [0.4, 0.5) is 11.4 Å². The molecule has 1 rings (SSSR count). The Morgan fingerprint density at radius 1 is 1.53 bits per heavy atom. The lowest BCUT2D eigenvalue weighted by Gasteiger charge is -2.25. The second kappa shape index (κ2) is 4.89. The van der Waals surface area contributed by atoms with E-state index in [0.717, 1.165) is 5.69 Å². The van der Waals surface area contributed by atoms with Crippen LogP contribution in [-0.4, -0.2) is 31.9 Å². The van der Waals surface area contributed by atoms with Crippen LogP contribution < -0.4 is 15.4 Å². The van der Waals surface area contributed by atoms with Crippen molar-refractivity contribution in [2.75, 3.05) is 31.4 Å². The fourth-order valence-corrected chi connectivity index (χ4v) is 1.30. The van der Waals surface area contributed by atoms with Crippen molar-refractivity contribution >= 4 is 11.4 Å². The molecule has 84 valence electrons. The van der Waals surface area contributed by atoms with Crippen LogP contribution >= 0.6 is 0 Å². The number of anilines is 2. The summed E-state index contributed by atoms with van der Waals surface area (Å²) >= 11 is 0. The average Bonchev–Trinajstić information content (AvgIpc) is 2.27. The number of likely N-dealkylation sites (N-methyl/N-ethyl adjacent to an activating group) is 1. The van der Waals surface area contributed by atoms with Crippen LogP contribution in [0.5, 0.6) is 5.75 Å². The minimum Gasteiger partial charge on any atom is -0.495 e. The van der Waals surface area contributed by atoms with E-state index < -0.39 is 0 Å². The fraction of sp³-hybridized carbons (Fsp3) is 0.455. The molecule has 0 radical (unpaired) electrons. The SMILES string of the molecule is COc1cc(N(C)C(C)CO)ccc1N. The molecule has 4 heteroatoms. The normalized spacial score (nSPS) is 12.3. The summed E-state index contributed by atoms with van der Waals surface area (Å²) in [5, 5.41) is 9.05. The smallest absolute Gasteiger partial charge is 0.143 e. The van der Waals surface area contributed by atoms with Gasteiger partial charge in [-0.25, -0.2) is 0 Å². The number of aliphatic hydroxyl groups excluding tert-OH is 1. The van der Waals surface area contributed by atoms with Crippen molar-refractivity contribution in [1.82, 2.24) is 0 Å². The first kappa shape index (κ1) is 11.7. The third-order valence-electron chi connectivity index (χ3n) is 2.55. The maximum atomic E-state index is 9.05. The van der Waals surface area contributed by atoms with Crippen LogP contribution in [0.25, 0.3) is 0 Å². The molecule has 1 aromatic rings. The van der Waals surface area contributed by atoms with Crippen molar-refractivity contribution in [2.45, 2.75) is 13.0 Å². The Morgan fingerprint density at radius 3 is 2.73 bits per heavy atom. The van der Waals surface area contributed by atoms with Gasteiger partial charge in [0.25, 0.3) is 0 Å². The van der Waals surface area contributed by atoms with E-state index in [9.17, 15) is 0 Å². The van der Waals surface area contributed by atoms with Crippen molar-refractivity contribution in [1.29, 1.82) is 0 Å². The maximum absolute atomic E-state index is 9.05. The number of ether oxygens (including phenoxy) is 1. The van der Waals surface area contributed by atoms with Gasteiger partial charge in [-0.2, -0.15) is 0 Å². The molecule has 0 aromatic heterocycles. The van der Waals surface area contributed by atoms with Crippen molar-refractivity contribution in [3.8, 4) is 5.75 Å². The standard InChI is InChI=1S/C11H18N2O2/c1-8(7-14)13(2)9-4-5-10(12)11(6-9)15-3/h4-6,8,14H,7,12H2,1-3H3. The lowest BCUT2D eigenvalue weighted by molar-refractivity contribution is 0.270. The molecule has 0 fully saturated rings. The summed E-state index contributed by atoms with van der Waals surface area (Å²) in [5.41, 5.74) is 7.31. The quantitative estimate of drug-likeness (QED) is 0.730. The van der Waals surface area contributed by atoms with Gasteiger partial charge in [0, 0.05) is 24.8 Å². The zero-order valence-electron chi connectivity index (χ0n) is 9.40. The van der Waals surface area contributed by atoms with E-state index >= 15 is 0 Å². The van der Waals surface area contributed by atoms with E-state index in [2.05, 4.69) is 0 Å². The molecule has 1 unspecified atom stereocenters. The first-order valence-electron chi connectivity index (χ1n) is 4.87. The highest BCUT2D eigenvalue weighted by Gasteiger charge is 2.10. The van der Waals surface area contributed by atoms with Crippen LogP contribution in [0, 0.1) is 0 Å². The largest absolute Gasteiger partial charge is 0.495 e. The van der Waals surface area contributed by atoms with Gasteiger partial charge >= 0.3 is 0 Å². The number of rotatable bonds is 4. The molecular weight excluding hydrogens is 192 g/mol. The van der Waals surface area contributed by atoms with Crippen molar-refractivity contribution < 1.29 is 9.84 Å². The molecule has 0 aliphatic heterocycles. The number of nitrogens with two attached hydrogens (primary N) is 1. The third kappa shape index (κ3) is 2.53. The highest BCUT2D eigenvalue weighted by molar-refractivity contribution is 5.62. The molecule has 0 bridgehead atoms. The predicted octanol–water partition coefficient (Wildman–Crippen LogP) is 1.09. The molecule has 3 N–H and O–H groups in total. The van der Waals surface area contributed by atoms with Crippen molar-refractivity contribution in [3.63, 3.8) is 0 Å². The van der Waals surface area contributed by atoms with Crippen LogP contribution in [-0.2, 0) is 0 Å². The first-order chi connectivity index (χ1) is 7.10. The molecule has 15 heavy (non-hydrogen) atoms. The minimum atomic E-state index is 0.0679. The Labute approximate surface area is 90.3 Å². The zero-order valence-corrected chi connectivity index (χ0v) is 9.40. The number of hydrogen-bond acceptors (Lipinski definition) is 4. The summed E-state index contributed by atoms with van der Waals surface area (Å²) in [5.74, 6) is 0.657. The summed E-state index contributed by atoms with van der Waals surface area (Å²) in [4.78, 5) is 1.97. The molecule has 1 atom stereocenters. The molecule has 1 aromatic carbocycles. The van der Waals surface area contributed by atoms with Crippen LogP contribution in [0.15, 0.2) is 18.2 Å². The third-order valence-corrected chi connectivity index (χ3v) is 2.55. The Hall–Kier alpha value is -1.42. The van der Waals surface area contributed by atoms with Gasteiger partial charge in [0.15, 0.2) is 0 Å². The van der Waals surface area contributed by atoms with E-state index in [4.69, 9.17) is 15.6 Å². The van der Waals surface area contributed by atoms with Gasteiger partial charge in [-0.15, -0.1) is 0 Å². The second-order valence-electron chi connectivity index (χ2n) is 3.57. The summed E-state index contributed by atoms with van der Waals surface area (Å²) in [6.07, 6.45) is 0. The zero-order chi connectivity index (χ0) is 11.4. The summed E-state index contributed by atoms with van der Waals surface area (Å²) < 4.78 is 5.14. The van der Waals surface area contributed by atoms with Gasteiger partial charge in [0.2, 0.25) is 0 Å². The monoisotopic (exact) mass is 210 g/mol. The van der Waals surface area contributed by atoms with Crippen molar-refractivity contribution in [3.05, 3.63) is 18.2 Å². The Bertz CT molecular complexity index is 328. The van der Waals surface area contributed by atoms with Gasteiger partial charge in [0.1, 0.15) is 5.75 Å². The molecule has 0 saturated heterocycles. The van der Waals surface area contributed by atoms with E-state index in [0.29, 0.717) is 11.4 Å². The number of nitrogen functional groups attached to an aromatic ring is 1. The lowest BCUT2D eigenvalue weighted by atomic mass is 10.2. The molecule has 0 aliphatic rings. The molecular formula is C11H18N2O2. The lowest BCUT2D eigenvalue weighted by Crippen LogP contribution is -2.31. The highest BCUT2D eigenvalue weighted by Crippen LogP contribution is 2.27. The predicted molar refractivity (Wildman–Crippen MR) is 62.4 cm³/mol. The Morgan fingerprint density at radius 2 is 2.20 bits per heavy atom.